The molecule has 0 radical (unpaired) electrons. The van der Waals surface area contributed by atoms with Gasteiger partial charge in [0.15, 0.2) is 0 Å². The van der Waals surface area contributed by atoms with Crippen LogP contribution in [0.4, 0.5) is 0 Å². The summed E-state index contributed by atoms with van der Waals surface area (Å²) in [6.07, 6.45) is 1.51. The molecule has 2 nitrogen and oxygen atoms in total. The maximum Gasteiger partial charge on any atom is 0.0666 e. The first kappa shape index (κ1) is 12.9. The van der Waals surface area contributed by atoms with E-state index in [1.54, 1.807) is 0 Å². The Balaban J connectivity index is 2.03. The molecule has 17 heavy (non-hydrogen) atoms. The van der Waals surface area contributed by atoms with Crippen LogP contribution in [0.3, 0.4) is 0 Å². The maximum atomic E-state index is 5.90. The van der Waals surface area contributed by atoms with Crippen LogP contribution in [0.5, 0.6) is 0 Å². The molecule has 0 aliphatic carbocycles. The first-order chi connectivity index (χ1) is 8.20. The van der Waals surface area contributed by atoms with Crippen LogP contribution in [-0.4, -0.2) is 24.5 Å². The van der Waals surface area contributed by atoms with Gasteiger partial charge < -0.3 is 10.5 Å². The van der Waals surface area contributed by atoms with Gasteiger partial charge in [0.25, 0.3) is 0 Å². The molecule has 94 valence electrons. The summed E-state index contributed by atoms with van der Waals surface area (Å²) in [7, 11) is 0. The van der Waals surface area contributed by atoms with E-state index in [0.717, 1.165) is 13.0 Å². The number of hydrogen-bond donors (Lipinski definition) is 1. The molecule has 0 amide bonds. The monoisotopic (exact) mass is 251 g/mol. The Kier molecular flexibility index (Phi) is 4.48. The average Bonchev–Trinajstić information content (AvgIpc) is 2.73. The zero-order valence-electron chi connectivity index (χ0n) is 10.6. The van der Waals surface area contributed by atoms with E-state index in [1.165, 1.54) is 11.1 Å². The van der Waals surface area contributed by atoms with Crippen molar-refractivity contribution >= 4 is 11.8 Å². The van der Waals surface area contributed by atoms with Crippen LogP contribution in [0.25, 0.3) is 0 Å². The molecule has 3 heteroatoms. The topological polar surface area (TPSA) is 35.2 Å². The van der Waals surface area contributed by atoms with Gasteiger partial charge in [0.2, 0.25) is 0 Å². The molecule has 1 aromatic carbocycles. The molecule has 1 fully saturated rings. The molecule has 1 saturated heterocycles. The second-order valence-corrected chi connectivity index (χ2v) is 6.12. The first-order valence-electron chi connectivity index (χ1n) is 6.24. The highest BCUT2D eigenvalue weighted by molar-refractivity contribution is 8.00. The highest BCUT2D eigenvalue weighted by Crippen LogP contribution is 2.37. The molecule has 0 spiro atoms. The Labute approximate surface area is 108 Å². The summed E-state index contributed by atoms with van der Waals surface area (Å²) in [6.45, 7) is 5.86. The quantitative estimate of drug-likeness (QED) is 0.893. The van der Waals surface area contributed by atoms with Crippen LogP contribution in [0.2, 0.25) is 0 Å². The summed E-state index contributed by atoms with van der Waals surface area (Å²) in [5.74, 6) is 0. The van der Waals surface area contributed by atoms with Crippen LogP contribution < -0.4 is 5.73 Å². The van der Waals surface area contributed by atoms with Crippen molar-refractivity contribution < 1.29 is 4.74 Å². The lowest BCUT2D eigenvalue weighted by molar-refractivity contribution is 0.127. The fourth-order valence-electron chi connectivity index (χ4n) is 2.15. The van der Waals surface area contributed by atoms with E-state index in [2.05, 4.69) is 38.1 Å². The number of thioether (sulfide) groups is 1. The normalized spacial score (nSPS) is 26.1. The van der Waals surface area contributed by atoms with Gasteiger partial charge >= 0.3 is 0 Å². The highest BCUT2D eigenvalue weighted by atomic mass is 32.2. The van der Waals surface area contributed by atoms with E-state index in [4.69, 9.17) is 10.5 Å². The minimum atomic E-state index is 0.361. The van der Waals surface area contributed by atoms with Crippen LogP contribution in [0.1, 0.15) is 29.7 Å². The van der Waals surface area contributed by atoms with Crippen LogP contribution in [-0.2, 0) is 4.74 Å². The molecule has 1 aliphatic rings. The van der Waals surface area contributed by atoms with Gasteiger partial charge in [-0.3, -0.25) is 0 Å². The summed E-state index contributed by atoms with van der Waals surface area (Å²) < 4.78 is 5.60. The summed E-state index contributed by atoms with van der Waals surface area (Å²) >= 11 is 1.97. The van der Waals surface area contributed by atoms with Gasteiger partial charge in [-0.25, -0.2) is 0 Å². The summed E-state index contributed by atoms with van der Waals surface area (Å²) in [5.41, 5.74) is 8.54. The van der Waals surface area contributed by atoms with Crippen LogP contribution in [0.15, 0.2) is 24.3 Å². The van der Waals surface area contributed by atoms with Gasteiger partial charge in [0.1, 0.15) is 0 Å². The van der Waals surface area contributed by atoms with Gasteiger partial charge in [0, 0.05) is 23.7 Å². The van der Waals surface area contributed by atoms with E-state index in [0.29, 0.717) is 23.1 Å². The van der Waals surface area contributed by atoms with E-state index in [1.807, 2.05) is 11.8 Å². The van der Waals surface area contributed by atoms with Gasteiger partial charge in [-0.2, -0.15) is 0 Å². The number of nitrogens with two attached hydrogens (primary N) is 1. The summed E-state index contributed by atoms with van der Waals surface area (Å²) in [6, 6.07) is 8.71. The minimum Gasteiger partial charge on any atom is -0.377 e. The molecule has 2 rings (SSSR count). The molecule has 1 aliphatic heterocycles. The Morgan fingerprint density at radius 2 is 2.12 bits per heavy atom. The predicted molar refractivity (Wildman–Crippen MR) is 74.4 cm³/mol. The molecule has 0 saturated carbocycles. The highest BCUT2D eigenvalue weighted by Gasteiger charge is 2.27. The fraction of sp³-hybridized carbons (Fsp3) is 0.571. The van der Waals surface area contributed by atoms with Crippen molar-refractivity contribution in [2.24, 2.45) is 5.73 Å². The van der Waals surface area contributed by atoms with Crippen molar-refractivity contribution in [1.29, 1.82) is 0 Å². The molecular formula is C14H21NOS. The molecule has 0 bridgehead atoms. The third-order valence-electron chi connectivity index (χ3n) is 3.31. The maximum absolute atomic E-state index is 5.90. The van der Waals surface area contributed by atoms with Crippen molar-refractivity contribution in [2.45, 2.75) is 36.9 Å². The average molecular weight is 251 g/mol. The number of rotatable bonds is 4. The third kappa shape index (κ3) is 3.24. The lowest BCUT2D eigenvalue weighted by atomic mass is 10.1. The predicted octanol–water partition coefficient (Wildman–Crippen LogP) is 2.91. The van der Waals surface area contributed by atoms with E-state index < -0.39 is 0 Å². The van der Waals surface area contributed by atoms with Crippen LogP contribution >= 0.6 is 11.8 Å². The Morgan fingerprint density at radius 3 is 2.65 bits per heavy atom. The van der Waals surface area contributed by atoms with Gasteiger partial charge in [-0.15, -0.1) is 11.8 Å². The van der Waals surface area contributed by atoms with Crippen molar-refractivity contribution in [3.63, 3.8) is 0 Å². The third-order valence-corrected chi connectivity index (χ3v) is 5.07. The van der Waals surface area contributed by atoms with Crippen molar-refractivity contribution in [2.75, 3.05) is 13.2 Å². The largest absolute Gasteiger partial charge is 0.377 e. The van der Waals surface area contributed by atoms with Crippen molar-refractivity contribution in [3.8, 4) is 0 Å². The standard InChI is InChI=1S/C14H21NOS/c1-10-3-5-12(6-4-10)14(9-15)17-13-7-8-16-11(13)2/h3-6,11,13-14H,7-9,15H2,1-2H3. The summed E-state index contributed by atoms with van der Waals surface area (Å²) in [4.78, 5) is 0. The SMILES string of the molecule is Cc1ccc(C(CN)SC2CCOC2C)cc1. The molecule has 3 unspecified atom stereocenters. The van der Waals surface area contributed by atoms with E-state index in [-0.39, 0.29) is 0 Å². The smallest absolute Gasteiger partial charge is 0.0666 e. The number of aryl methyl sites for hydroxylation is 1. The zero-order chi connectivity index (χ0) is 12.3. The molecule has 1 heterocycles. The Bertz CT molecular complexity index is 352. The fourth-order valence-corrected chi connectivity index (χ4v) is 3.53. The molecule has 2 N–H and O–H groups in total. The first-order valence-corrected chi connectivity index (χ1v) is 7.18. The Hall–Kier alpha value is -0.510. The second-order valence-electron chi connectivity index (χ2n) is 4.67. The van der Waals surface area contributed by atoms with Crippen molar-refractivity contribution in [1.82, 2.24) is 0 Å². The van der Waals surface area contributed by atoms with Crippen molar-refractivity contribution in [3.05, 3.63) is 35.4 Å². The molecule has 0 aromatic heterocycles. The van der Waals surface area contributed by atoms with Gasteiger partial charge in [0.05, 0.1) is 6.10 Å². The lowest BCUT2D eigenvalue weighted by Crippen LogP contribution is -2.19. The lowest BCUT2D eigenvalue weighted by Gasteiger charge is -2.21. The molecule has 3 atom stereocenters. The Morgan fingerprint density at radius 1 is 1.41 bits per heavy atom. The van der Waals surface area contributed by atoms with E-state index in [9.17, 15) is 0 Å². The number of hydrogen-bond acceptors (Lipinski definition) is 3. The van der Waals surface area contributed by atoms with Gasteiger partial charge in [-0.1, -0.05) is 29.8 Å². The number of ether oxygens (including phenoxy) is 1. The van der Waals surface area contributed by atoms with Crippen LogP contribution in [0, 0.1) is 6.92 Å². The molecular weight excluding hydrogens is 230 g/mol. The second kappa shape index (κ2) is 5.89. The summed E-state index contributed by atoms with van der Waals surface area (Å²) in [5, 5.41) is 0.981. The minimum absolute atomic E-state index is 0.361. The zero-order valence-corrected chi connectivity index (χ0v) is 11.4. The van der Waals surface area contributed by atoms with Gasteiger partial charge in [-0.05, 0) is 25.8 Å². The molecule has 1 aromatic rings. The van der Waals surface area contributed by atoms with E-state index >= 15 is 0 Å². The number of benzene rings is 1.